The number of thiophene rings is 1. The molecule has 8 heteroatoms. The number of imide groups is 1. The number of ether oxygens (including phenoxy) is 1. The molecular formula is C19H20N2O5S. The van der Waals surface area contributed by atoms with E-state index >= 15 is 0 Å². The quantitative estimate of drug-likeness (QED) is 0.561. The van der Waals surface area contributed by atoms with Crippen LogP contribution in [-0.4, -0.2) is 36.8 Å². The number of hydrogen-bond donors (Lipinski definition) is 2. The third-order valence-corrected chi connectivity index (χ3v) is 4.26. The Labute approximate surface area is 160 Å². The summed E-state index contributed by atoms with van der Waals surface area (Å²) in [5, 5.41) is 6.35. The summed E-state index contributed by atoms with van der Waals surface area (Å²) in [5.41, 5.74) is 0.257. The van der Waals surface area contributed by atoms with Crippen LogP contribution in [0.25, 0.3) is 0 Å². The molecule has 27 heavy (non-hydrogen) atoms. The summed E-state index contributed by atoms with van der Waals surface area (Å²) in [4.78, 5) is 48.5. The Bertz CT molecular complexity index is 830. The van der Waals surface area contributed by atoms with Gasteiger partial charge in [-0.2, -0.15) is 0 Å². The molecular weight excluding hydrogens is 368 g/mol. The molecule has 1 aromatic carbocycles. The lowest BCUT2D eigenvalue weighted by Crippen LogP contribution is -2.42. The van der Waals surface area contributed by atoms with Gasteiger partial charge in [-0.15, -0.1) is 11.3 Å². The van der Waals surface area contributed by atoms with E-state index in [-0.39, 0.29) is 22.8 Å². The summed E-state index contributed by atoms with van der Waals surface area (Å²) in [6.07, 6.45) is 0. The van der Waals surface area contributed by atoms with Gasteiger partial charge in [0.15, 0.2) is 6.61 Å². The summed E-state index contributed by atoms with van der Waals surface area (Å²) in [7, 11) is 0. The average Bonchev–Trinajstić information content (AvgIpc) is 3.18. The highest BCUT2D eigenvalue weighted by Crippen LogP contribution is 2.19. The van der Waals surface area contributed by atoms with E-state index in [1.54, 1.807) is 29.6 Å². The van der Waals surface area contributed by atoms with E-state index in [1.807, 2.05) is 13.8 Å². The number of esters is 1. The number of urea groups is 1. The van der Waals surface area contributed by atoms with Crippen LogP contribution in [0.15, 0.2) is 41.8 Å². The number of ketones is 1. The molecule has 2 aromatic rings. The third kappa shape index (κ3) is 6.03. The first-order chi connectivity index (χ1) is 12.9. The Morgan fingerprint density at radius 3 is 2.37 bits per heavy atom. The zero-order valence-corrected chi connectivity index (χ0v) is 15.8. The minimum atomic E-state index is -0.812. The van der Waals surface area contributed by atoms with Gasteiger partial charge in [0.25, 0.3) is 5.91 Å². The topological polar surface area (TPSA) is 102 Å². The second-order valence-electron chi connectivity index (χ2n) is 6.08. The molecule has 0 bridgehead atoms. The fourth-order valence-electron chi connectivity index (χ4n) is 2.11. The zero-order chi connectivity index (χ0) is 19.8. The fourth-order valence-corrected chi connectivity index (χ4v) is 2.79. The van der Waals surface area contributed by atoms with E-state index < -0.39 is 24.5 Å². The first kappa shape index (κ1) is 20.3. The van der Waals surface area contributed by atoms with Crippen molar-refractivity contribution in [1.82, 2.24) is 10.6 Å². The molecule has 0 saturated carbocycles. The number of carbonyl (C=O) groups is 4. The van der Waals surface area contributed by atoms with Crippen molar-refractivity contribution < 1.29 is 23.9 Å². The smallest absolute Gasteiger partial charge is 0.339 e. The predicted octanol–water partition coefficient (Wildman–Crippen LogP) is 2.62. The van der Waals surface area contributed by atoms with Gasteiger partial charge in [0.2, 0.25) is 5.78 Å². The van der Waals surface area contributed by atoms with Crippen LogP contribution in [0.1, 0.15) is 39.4 Å². The first-order valence-electron chi connectivity index (χ1n) is 8.30. The van der Waals surface area contributed by atoms with Crippen LogP contribution in [0.2, 0.25) is 0 Å². The molecule has 0 aliphatic carbocycles. The van der Waals surface area contributed by atoms with Gasteiger partial charge in [0, 0.05) is 12.1 Å². The van der Waals surface area contributed by atoms with Crippen molar-refractivity contribution in [2.24, 2.45) is 5.92 Å². The van der Waals surface area contributed by atoms with Crippen LogP contribution in [0.3, 0.4) is 0 Å². The van der Waals surface area contributed by atoms with Gasteiger partial charge in [-0.25, -0.2) is 9.59 Å². The average molecular weight is 388 g/mol. The van der Waals surface area contributed by atoms with E-state index in [4.69, 9.17) is 4.74 Å². The van der Waals surface area contributed by atoms with Crippen LogP contribution < -0.4 is 10.6 Å². The fraction of sp³-hybridized carbons (Fsp3) is 0.263. The molecule has 0 spiro atoms. The van der Waals surface area contributed by atoms with Crippen molar-refractivity contribution in [2.75, 3.05) is 13.2 Å². The van der Waals surface area contributed by atoms with Crippen molar-refractivity contribution >= 4 is 35.0 Å². The van der Waals surface area contributed by atoms with E-state index in [0.717, 1.165) is 0 Å². The van der Waals surface area contributed by atoms with E-state index in [2.05, 4.69) is 10.6 Å². The lowest BCUT2D eigenvalue weighted by Gasteiger charge is -2.10. The van der Waals surface area contributed by atoms with Gasteiger partial charge >= 0.3 is 12.0 Å². The highest BCUT2D eigenvalue weighted by Gasteiger charge is 2.20. The van der Waals surface area contributed by atoms with Crippen LogP contribution in [0.5, 0.6) is 0 Å². The standard InChI is InChI=1S/C19H20N2O5S/c1-12(2)10-20-19(25)21-16(22)11-26-18(24)14-7-4-3-6-13(14)17(23)15-8-5-9-27-15/h3-9,12H,10-11H2,1-2H3,(H2,20,21,22,25). The Morgan fingerprint density at radius 1 is 1.04 bits per heavy atom. The molecule has 0 saturated heterocycles. The lowest BCUT2D eigenvalue weighted by molar-refractivity contribution is -0.123. The van der Waals surface area contributed by atoms with Crippen molar-refractivity contribution in [1.29, 1.82) is 0 Å². The second-order valence-corrected chi connectivity index (χ2v) is 7.03. The van der Waals surface area contributed by atoms with E-state index in [9.17, 15) is 19.2 Å². The Balaban J connectivity index is 1.96. The second kappa shape index (κ2) is 9.63. The molecule has 2 N–H and O–H groups in total. The summed E-state index contributed by atoms with van der Waals surface area (Å²) in [6, 6.07) is 8.98. The minimum absolute atomic E-state index is 0.0629. The zero-order valence-electron chi connectivity index (χ0n) is 15.0. The molecule has 1 heterocycles. The third-order valence-electron chi connectivity index (χ3n) is 3.39. The lowest BCUT2D eigenvalue weighted by atomic mass is 10.0. The summed E-state index contributed by atoms with van der Waals surface area (Å²) < 4.78 is 4.94. The number of amides is 3. The summed E-state index contributed by atoms with van der Waals surface area (Å²) in [6.45, 7) is 3.62. The minimum Gasteiger partial charge on any atom is -0.452 e. The van der Waals surface area contributed by atoms with Gasteiger partial charge in [-0.05, 0) is 23.4 Å². The molecule has 0 fully saturated rings. The molecule has 142 valence electrons. The number of rotatable bonds is 7. The molecule has 2 rings (SSSR count). The molecule has 0 radical (unpaired) electrons. The maximum atomic E-state index is 12.5. The van der Waals surface area contributed by atoms with Gasteiger partial charge in [-0.1, -0.05) is 38.1 Å². The Morgan fingerprint density at radius 2 is 1.74 bits per heavy atom. The number of benzene rings is 1. The first-order valence-corrected chi connectivity index (χ1v) is 9.18. The number of hydrogen-bond acceptors (Lipinski definition) is 6. The highest BCUT2D eigenvalue weighted by atomic mass is 32.1. The van der Waals surface area contributed by atoms with Crippen LogP contribution in [0.4, 0.5) is 4.79 Å². The van der Waals surface area contributed by atoms with Crippen molar-refractivity contribution in [2.45, 2.75) is 13.8 Å². The predicted molar refractivity (Wildman–Crippen MR) is 101 cm³/mol. The van der Waals surface area contributed by atoms with Crippen LogP contribution in [-0.2, 0) is 9.53 Å². The maximum Gasteiger partial charge on any atom is 0.339 e. The van der Waals surface area contributed by atoms with E-state index in [1.165, 1.54) is 23.5 Å². The maximum absolute atomic E-state index is 12.5. The Hall–Kier alpha value is -3.00. The molecule has 0 atom stereocenters. The SMILES string of the molecule is CC(C)CNC(=O)NC(=O)COC(=O)c1ccccc1C(=O)c1cccs1. The molecule has 0 aliphatic heterocycles. The van der Waals surface area contributed by atoms with Gasteiger partial charge in [0.05, 0.1) is 10.4 Å². The van der Waals surface area contributed by atoms with Crippen molar-refractivity contribution in [3.05, 3.63) is 57.8 Å². The van der Waals surface area contributed by atoms with Gasteiger partial charge < -0.3 is 10.1 Å². The van der Waals surface area contributed by atoms with Crippen molar-refractivity contribution in [3.8, 4) is 0 Å². The van der Waals surface area contributed by atoms with Gasteiger partial charge in [0.1, 0.15) is 0 Å². The normalized spacial score (nSPS) is 10.3. The monoisotopic (exact) mass is 388 g/mol. The summed E-state index contributed by atoms with van der Waals surface area (Å²) >= 11 is 1.27. The molecule has 1 aromatic heterocycles. The largest absolute Gasteiger partial charge is 0.452 e. The highest BCUT2D eigenvalue weighted by molar-refractivity contribution is 7.12. The van der Waals surface area contributed by atoms with Crippen LogP contribution >= 0.6 is 11.3 Å². The van der Waals surface area contributed by atoms with Crippen LogP contribution in [0, 0.1) is 5.92 Å². The van der Waals surface area contributed by atoms with Crippen molar-refractivity contribution in [3.63, 3.8) is 0 Å². The Kier molecular flexibility index (Phi) is 7.25. The molecule has 0 aliphatic rings. The summed E-state index contributed by atoms with van der Waals surface area (Å²) in [5.74, 6) is -1.63. The van der Waals surface area contributed by atoms with Gasteiger partial charge in [-0.3, -0.25) is 14.9 Å². The number of carbonyl (C=O) groups excluding carboxylic acids is 4. The molecule has 7 nitrogen and oxygen atoms in total. The molecule has 3 amide bonds. The van der Waals surface area contributed by atoms with E-state index in [0.29, 0.717) is 11.4 Å². The number of nitrogens with one attached hydrogen (secondary N) is 2. The molecule has 0 unspecified atom stereocenters.